The standard InChI is InChI=1S/C22H16N4OS/c27-18-13-7-12-17(14-18)25-26-21-19(15-8-3-1-4-9-15)23-22(28)24-20(21)16-10-5-2-6-11-16/h1-14,21,27H. The minimum atomic E-state index is -0.515. The molecule has 0 aromatic heterocycles. The molecule has 3 aromatic carbocycles. The van der Waals surface area contributed by atoms with E-state index in [9.17, 15) is 5.11 Å². The summed E-state index contributed by atoms with van der Waals surface area (Å²) >= 11 is 5.33. The number of hydrogen-bond acceptors (Lipinski definition) is 4. The van der Waals surface area contributed by atoms with Gasteiger partial charge in [0.2, 0.25) is 5.11 Å². The smallest absolute Gasteiger partial charge is 0.219 e. The summed E-state index contributed by atoms with van der Waals surface area (Å²) < 4.78 is 0. The maximum absolute atomic E-state index is 9.68. The Balaban J connectivity index is 1.80. The van der Waals surface area contributed by atoms with Gasteiger partial charge in [-0.3, -0.25) is 0 Å². The van der Waals surface area contributed by atoms with E-state index in [1.165, 1.54) is 0 Å². The van der Waals surface area contributed by atoms with Crippen molar-refractivity contribution in [3.63, 3.8) is 0 Å². The average molecular weight is 384 g/mol. The maximum atomic E-state index is 9.68. The molecule has 0 radical (unpaired) electrons. The molecule has 1 aliphatic rings. The Morgan fingerprint density at radius 2 is 1.32 bits per heavy atom. The van der Waals surface area contributed by atoms with E-state index in [4.69, 9.17) is 12.2 Å². The highest BCUT2D eigenvalue weighted by atomic mass is 32.1. The monoisotopic (exact) mass is 384 g/mol. The van der Waals surface area contributed by atoms with Gasteiger partial charge in [-0.15, -0.1) is 0 Å². The Bertz CT molecular complexity index is 1030. The Morgan fingerprint density at radius 3 is 1.86 bits per heavy atom. The van der Waals surface area contributed by atoms with Gasteiger partial charge in [0.1, 0.15) is 5.75 Å². The van der Waals surface area contributed by atoms with E-state index in [1.54, 1.807) is 24.3 Å². The van der Waals surface area contributed by atoms with Crippen molar-refractivity contribution < 1.29 is 5.11 Å². The summed E-state index contributed by atoms with van der Waals surface area (Å²) in [6.07, 6.45) is 0. The minimum Gasteiger partial charge on any atom is -0.508 e. The third kappa shape index (κ3) is 3.92. The topological polar surface area (TPSA) is 69.7 Å². The van der Waals surface area contributed by atoms with Crippen molar-refractivity contribution in [3.05, 3.63) is 96.1 Å². The summed E-state index contributed by atoms with van der Waals surface area (Å²) in [6.45, 7) is 0. The van der Waals surface area contributed by atoms with E-state index in [0.717, 1.165) is 11.1 Å². The lowest BCUT2D eigenvalue weighted by Crippen LogP contribution is -2.34. The molecule has 0 aliphatic carbocycles. The zero-order chi connectivity index (χ0) is 19.3. The molecular formula is C22H16N4OS. The summed E-state index contributed by atoms with van der Waals surface area (Å²) in [5.74, 6) is 0.134. The lowest BCUT2D eigenvalue weighted by molar-refractivity contribution is 0.475. The number of hydrogen-bond donors (Lipinski definition) is 1. The molecule has 0 fully saturated rings. The van der Waals surface area contributed by atoms with Crippen LogP contribution in [0.4, 0.5) is 5.69 Å². The van der Waals surface area contributed by atoms with Gasteiger partial charge in [-0.05, 0) is 35.5 Å². The first-order valence-corrected chi connectivity index (χ1v) is 9.13. The molecule has 1 aliphatic heterocycles. The van der Waals surface area contributed by atoms with Crippen LogP contribution in [0.25, 0.3) is 0 Å². The van der Waals surface area contributed by atoms with Gasteiger partial charge in [0.15, 0.2) is 6.04 Å². The van der Waals surface area contributed by atoms with Crippen LogP contribution in [0, 0.1) is 0 Å². The van der Waals surface area contributed by atoms with Crippen molar-refractivity contribution >= 4 is 34.4 Å². The van der Waals surface area contributed by atoms with Crippen LogP contribution >= 0.6 is 12.2 Å². The fraction of sp³-hybridized carbons (Fsp3) is 0.0455. The molecule has 136 valence electrons. The van der Waals surface area contributed by atoms with E-state index < -0.39 is 6.04 Å². The summed E-state index contributed by atoms with van der Waals surface area (Å²) in [6, 6.07) is 25.6. The van der Waals surface area contributed by atoms with Crippen LogP contribution in [0.2, 0.25) is 0 Å². The average Bonchev–Trinajstić information content (AvgIpc) is 2.73. The van der Waals surface area contributed by atoms with Crippen LogP contribution in [-0.4, -0.2) is 27.7 Å². The minimum absolute atomic E-state index is 0.134. The molecule has 0 amide bonds. The van der Waals surface area contributed by atoms with Crippen molar-refractivity contribution in [2.75, 3.05) is 0 Å². The zero-order valence-corrected chi connectivity index (χ0v) is 15.6. The number of thiocarbonyl (C=S) groups is 1. The van der Waals surface area contributed by atoms with Gasteiger partial charge >= 0.3 is 0 Å². The Labute approximate surface area is 167 Å². The number of aromatic hydroxyl groups is 1. The van der Waals surface area contributed by atoms with Crippen LogP contribution in [0.3, 0.4) is 0 Å². The molecule has 1 N–H and O–H groups in total. The summed E-state index contributed by atoms with van der Waals surface area (Å²) in [4.78, 5) is 8.99. The lowest BCUT2D eigenvalue weighted by Gasteiger charge is -2.21. The molecule has 0 bridgehead atoms. The molecule has 0 atom stereocenters. The molecule has 6 heteroatoms. The van der Waals surface area contributed by atoms with Gasteiger partial charge in [-0.1, -0.05) is 66.7 Å². The van der Waals surface area contributed by atoms with Crippen molar-refractivity contribution in [1.82, 2.24) is 0 Å². The maximum Gasteiger partial charge on any atom is 0.219 e. The van der Waals surface area contributed by atoms with Crippen LogP contribution in [0.1, 0.15) is 11.1 Å². The quantitative estimate of drug-likeness (QED) is 0.501. The Hall–Kier alpha value is -3.51. The van der Waals surface area contributed by atoms with Crippen molar-refractivity contribution in [2.45, 2.75) is 6.04 Å². The van der Waals surface area contributed by atoms with E-state index in [0.29, 0.717) is 17.1 Å². The van der Waals surface area contributed by atoms with E-state index in [-0.39, 0.29) is 10.9 Å². The molecule has 3 aromatic rings. The third-order valence-electron chi connectivity index (χ3n) is 4.21. The van der Waals surface area contributed by atoms with Gasteiger partial charge in [0, 0.05) is 6.07 Å². The highest BCUT2D eigenvalue weighted by molar-refractivity contribution is 7.80. The summed E-state index contributed by atoms with van der Waals surface area (Å²) in [5.41, 5.74) is 3.76. The summed E-state index contributed by atoms with van der Waals surface area (Å²) in [5, 5.41) is 18.8. The van der Waals surface area contributed by atoms with E-state index in [1.807, 2.05) is 60.7 Å². The number of rotatable bonds is 4. The number of nitrogens with zero attached hydrogens (tertiary/aromatic N) is 4. The SMILES string of the molecule is Oc1cccc(N=NC2C(c3ccccc3)=NC(=S)N=C2c2ccccc2)c1. The second kappa shape index (κ2) is 8.02. The van der Waals surface area contributed by atoms with E-state index in [2.05, 4.69) is 20.2 Å². The predicted octanol–water partition coefficient (Wildman–Crippen LogP) is 5.12. The second-order valence-electron chi connectivity index (χ2n) is 6.15. The summed E-state index contributed by atoms with van der Waals surface area (Å²) in [7, 11) is 0. The first kappa shape index (κ1) is 17.9. The van der Waals surface area contributed by atoms with E-state index >= 15 is 0 Å². The number of aliphatic imine (C=N–C) groups is 2. The number of azo groups is 1. The highest BCUT2D eigenvalue weighted by Crippen LogP contribution is 2.23. The van der Waals surface area contributed by atoms with Gasteiger partial charge in [0.25, 0.3) is 0 Å². The predicted molar refractivity (Wildman–Crippen MR) is 115 cm³/mol. The van der Waals surface area contributed by atoms with Crippen LogP contribution < -0.4 is 0 Å². The number of benzene rings is 3. The number of phenols is 1. The first-order valence-electron chi connectivity index (χ1n) is 8.72. The van der Waals surface area contributed by atoms with Crippen LogP contribution in [0.15, 0.2) is 105 Å². The van der Waals surface area contributed by atoms with Crippen LogP contribution in [-0.2, 0) is 0 Å². The molecular weight excluding hydrogens is 368 g/mol. The third-order valence-corrected chi connectivity index (χ3v) is 4.39. The van der Waals surface area contributed by atoms with Crippen molar-refractivity contribution in [1.29, 1.82) is 0 Å². The Morgan fingerprint density at radius 1 is 0.750 bits per heavy atom. The van der Waals surface area contributed by atoms with Gasteiger partial charge in [0.05, 0.1) is 17.1 Å². The zero-order valence-electron chi connectivity index (χ0n) is 14.8. The van der Waals surface area contributed by atoms with Gasteiger partial charge in [-0.25, -0.2) is 9.98 Å². The Kier molecular flexibility index (Phi) is 5.12. The highest BCUT2D eigenvalue weighted by Gasteiger charge is 2.29. The number of phenolic OH excluding ortho intramolecular Hbond substituents is 1. The van der Waals surface area contributed by atoms with Gasteiger partial charge in [-0.2, -0.15) is 10.2 Å². The molecule has 0 saturated carbocycles. The fourth-order valence-corrected chi connectivity index (χ4v) is 3.13. The largest absolute Gasteiger partial charge is 0.508 e. The second-order valence-corrected chi connectivity index (χ2v) is 6.51. The first-order chi connectivity index (χ1) is 13.7. The van der Waals surface area contributed by atoms with Gasteiger partial charge < -0.3 is 5.11 Å². The molecule has 0 saturated heterocycles. The fourth-order valence-electron chi connectivity index (χ4n) is 2.93. The van der Waals surface area contributed by atoms with Crippen LogP contribution in [0.5, 0.6) is 5.75 Å². The van der Waals surface area contributed by atoms with Crippen molar-refractivity contribution in [2.24, 2.45) is 20.2 Å². The molecule has 28 heavy (non-hydrogen) atoms. The molecule has 0 spiro atoms. The molecule has 1 heterocycles. The lowest BCUT2D eigenvalue weighted by atomic mass is 9.94. The normalized spacial score (nSPS) is 14.8. The molecule has 4 rings (SSSR count). The molecule has 0 unspecified atom stereocenters. The van der Waals surface area contributed by atoms with Crippen molar-refractivity contribution in [3.8, 4) is 5.75 Å². The molecule has 5 nitrogen and oxygen atoms in total.